The van der Waals surface area contributed by atoms with Crippen molar-refractivity contribution in [3.63, 3.8) is 0 Å². The number of benzene rings is 2. The van der Waals surface area contributed by atoms with Gasteiger partial charge < -0.3 is 15.4 Å². The van der Waals surface area contributed by atoms with Crippen LogP contribution in [0.1, 0.15) is 15.9 Å². The van der Waals surface area contributed by atoms with Crippen molar-refractivity contribution < 1.29 is 14.3 Å². The zero-order valence-electron chi connectivity index (χ0n) is 13.6. The maximum atomic E-state index is 12.2. The quantitative estimate of drug-likeness (QED) is 0.721. The fourth-order valence-electron chi connectivity index (χ4n) is 2.13. The number of ether oxygens (including phenoxy) is 1. The molecule has 7 heteroatoms. The van der Waals surface area contributed by atoms with Gasteiger partial charge in [-0.05, 0) is 35.9 Å². The van der Waals surface area contributed by atoms with Crippen molar-refractivity contribution in [2.75, 3.05) is 25.6 Å². The van der Waals surface area contributed by atoms with Crippen LogP contribution in [-0.4, -0.2) is 32.1 Å². The minimum Gasteiger partial charge on any atom is -0.383 e. The summed E-state index contributed by atoms with van der Waals surface area (Å²) in [7, 11) is 1.58. The van der Waals surface area contributed by atoms with Crippen molar-refractivity contribution in [2.45, 2.75) is 6.42 Å². The molecule has 0 radical (unpaired) electrons. The van der Waals surface area contributed by atoms with Crippen molar-refractivity contribution in [3.05, 3.63) is 63.6 Å². The van der Waals surface area contributed by atoms with Crippen LogP contribution in [0, 0.1) is 0 Å². The summed E-state index contributed by atoms with van der Waals surface area (Å²) in [5.74, 6) is -0.392. The molecule has 2 aromatic rings. The normalized spacial score (nSPS) is 10.4. The highest BCUT2D eigenvalue weighted by atomic mass is 35.5. The Morgan fingerprint density at radius 1 is 1.04 bits per heavy atom. The standard InChI is InChI=1S/C18H18Cl2N2O3/c1-25-7-6-21-17(23)8-12-2-4-16(5-3-12)22-18(24)13-9-14(19)11-15(20)10-13/h2-5,9-11H,6-8H2,1H3,(H,21,23)(H,22,24). The van der Waals surface area contributed by atoms with E-state index in [4.69, 9.17) is 27.9 Å². The Hall–Kier alpha value is -2.08. The summed E-state index contributed by atoms with van der Waals surface area (Å²) >= 11 is 11.8. The SMILES string of the molecule is COCCNC(=O)Cc1ccc(NC(=O)c2cc(Cl)cc(Cl)c2)cc1. The van der Waals surface area contributed by atoms with E-state index in [1.807, 2.05) is 0 Å². The second-order valence-corrected chi connectivity index (χ2v) is 6.20. The Labute approximate surface area is 156 Å². The van der Waals surface area contributed by atoms with Crippen LogP contribution in [0.2, 0.25) is 10.0 Å². The molecule has 0 fully saturated rings. The van der Waals surface area contributed by atoms with E-state index in [9.17, 15) is 9.59 Å². The van der Waals surface area contributed by atoms with Gasteiger partial charge in [0.05, 0.1) is 13.0 Å². The van der Waals surface area contributed by atoms with Crippen molar-refractivity contribution in [3.8, 4) is 0 Å². The number of hydrogen-bond acceptors (Lipinski definition) is 3. The number of rotatable bonds is 7. The van der Waals surface area contributed by atoms with Crippen molar-refractivity contribution >= 4 is 40.7 Å². The van der Waals surface area contributed by atoms with E-state index in [2.05, 4.69) is 10.6 Å². The van der Waals surface area contributed by atoms with Gasteiger partial charge >= 0.3 is 0 Å². The number of anilines is 1. The lowest BCUT2D eigenvalue weighted by Gasteiger charge is -2.08. The van der Waals surface area contributed by atoms with Gasteiger partial charge in [0.1, 0.15) is 0 Å². The van der Waals surface area contributed by atoms with Gasteiger partial charge in [-0.2, -0.15) is 0 Å². The number of halogens is 2. The highest BCUT2D eigenvalue weighted by molar-refractivity contribution is 6.35. The molecule has 0 aliphatic rings. The number of methoxy groups -OCH3 is 1. The zero-order valence-corrected chi connectivity index (χ0v) is 15.2. The second-order valence-electron chi connectivity index (χ2n) is 5.33. The first-order valence-corrected chi connectivity index (χ1v) is 8.35. The first-order valence-electron chi connectivity index (χ1n) is 7.60. The molecule has 25 heavy (non-hydrogen) atoms. The Balaban J connectivity index is 1.93. The molecule has 2 rings (SSSR count). The van der Waals surface area contributed by atoms with Crippen molar-refractivity contribution in [1.82, 2.24) is 5.32 Å². The van der Waals surface area contributed by atoms with E-state index in [-0.39, 0.29) is 18.2 Å². The summed E-state index contributed by atoms with van der Waals surface area (Å²) in [5.41, 5.74) is 1.84. The predicted octanol–water partition coefficient (Wildman–Crippen LogP) is 3.55. The molecule has 0 unspecified atom stereocenters. The number of carbonyl (C=O) groups is 2. The lowest BCUT2D eigenvalue weighted by molar-refractivity contribution is -0.120. The molecule has 2 amide bonds. The van der Waals surface area contributed by atoms with Gasteiger partial charge in [0.2, 0.25) is 5.91 Å². The van der Waals surface area contributed by atoms with Gasteiger partial charge in [0, 0.05) is 35.0 Å². The molecular weight excluding hydrogens is 363 g/mol. The molecule has 0 saturated heterocycles. The van der Waals surface area contributed by atoms with E-state index in [1.165, 1.54) is 0 Å². The fourth-order valence-corrected chi connectivity index (χ4v) is 2.66. The lowest BCUT2D eigenvalue weighted by atomic mass is 10.1. The summed E-state index contributed by atoms with van der Waals surface area (Å²) in [4.78, 5) is 24.0. The summed E-state index contributed by atoms with van der Waals surface area (Å²) in [6.07, 6.45) is 0.266. The van der Waals surface area contributed by atoms with E-state index < -0.39 is 0 Å². The van der Waals surface area contributed by atoms with Crippen LogP contribution < -0.4 is 10.6 Å². The van der Waals surface area contributed by atoms with Crippen molar-refractivity contribution in [2.24, 2.45) is 0 Å². The molecule has 0 saturated carbocycles. The Kier molecular flexibility index (Phi) is 7.25. The molecule has 2 aromatic carbocycles. The molecule has 0 heterocycles. The van der Waals surface area contributed by atoms with E-state index in [1.54, 1.807) is 49.6 Å². The smallest absolute Gasteiger partial charge is 0.255 e. The minimum absolute atomic E-state index is 0.0811. The molecule has 5 nitrogen and oxygen atoms in total. The predicted molar refractivity (Wildman–Crippen MR) is 99.4 cm³/mol. The zero-order chi connectivity index (χ0) is 18.2. The Bertz CT molecular complexity index is 728. The van der Waals surface area contributed by atoms with Crippen LogP contribution in [0.4, 0.5) is 5.69 Å². The third kappa shape index (κ3) is 6.38. The first kappa shape index (κ1) is 19.2. The number of hydrogen-bond donors (Lipinski definition) is 2. The molecule has 132 valence electrons. The molecule has 0 atom stereocenters. The van der Waals surface area contributed by atoms with Crippen molar-refractivity contribution in [1.29, 1.82) is 0 Å². The molecule has 0 bridgehead atoms. The van der Waals surface area contributed by atoms with Crippen LogP contribution in [0.25, 0.3) is 0 Å². The summed E-state index contributed by atoms with van der Waals surface area (Å²) in [6.45, 7) is 0.954. The molecule has 0 aromatic heterocycles. The highest BCUT2D eigenvalue weighted by Crippen LogP contribution is 2.20. The topological polar surface area (TPSA) is 67.4 Å². The summed E-state index contributed by atoms with van der Waals surface area (Å²) in [5, 5.41) is 6.31. The average Bonchev–Trinajstić information content (AvgIpc) is 2.56. The molecule has 0 aliphatic carbocycles. The Morgan fingerprint density at radius 2 is 1.68 bits per heavy atom. The van der Waals surface area contributed by atoms with Gasteiger partial charge in [0.25, 0.3) is 5.91 Å². The fraction of sp³-hybridized carbons (Fsp3) is 0.222. The maximum Gasteiger partial charge on any atom is 0.255 e. The van der Waals surface area contributed by atoms with E-state index in [0.717, 1.165) is 5.56 Å². The van der Waals surface area contributed by atoms with Crippen LogP contribution in [0.3, 0.4) is 0 Å². The summed E-state index contributed by atoms with van der Waals surface area (Å²) in [6, 6.07) is 11.7. The number of nitrogens with one attached hydrogen (secondary N) is 2. The third-order valence-corrected chi connectivity index (χ3v) is 3.77. The van der Waals surface area contributed by atoms with Gasteiger partial charge in [-0.1, -0.05) is 35.3 Å². The van der Waals surface area contributed by atoms with Crippen LogP contribution in [0.5, 0.6) is 0 Å². The highest BCUT2D eigenvalue weighted by Gasteiger charge is 2.09. The molecular formula is C18H18Cl2N2O3. The molecule has 0 aliphatic heterocycles. The maximum absolute atomic E-state index is 12.2. The van der Waals surface area contributed by atoms with Gasteiger partial charge in [-0.3, -0.25) is 9.59 Å². The van der Waals surface area contributed by atoms with E-state index in [0.29, 0.717) is 34.4 Å². The van der Waals surface area contributed by atoms with Gasteiger partial charge in [-0.15, -0.1) is 0 Å². The molecule has 0 spiro atoms. The minimum atomic E-state index is -0.311. The van der Waals surface area contributed by atoms with Gasteiger partial charge in [0.15, 0.2) is 0 Å². The van der Waals surface area contributed by atoms with Crippen LogP contribution >= 0.6 is 23.2 Å². The average molecular weight is 381 g/mol. The summed E-state index contributed by atoms with van der Waals surface area (Å²) < 4.78 is 4.87. The first-order chi connectivity index (χ1) is 12.0. The largest absolute Gasteiger partial charge is 0.383 e. The van der Waals surface area contributed by atoms with Crippen LogP contribution in [0.15, 0.2) is 42.5 Å². The second kappa shape index (κ2) is 9.42. The van der Waals surface area contributed by atoms with Gasteiger partial charge in [-0.25, -0.2) is 0 Å². The number of carbonyl (C=O) groups excluding carboxylic acids is 2. The number of amides is 2. The monoisotopic (exact) mass is 380 g/mol. The van der Waals surface area contributed by atoms with Crippen LogP contribution in [-0.2, 0) is 16.0 Å². The lowest BCUT2D eigenvalue weighted by Crippen LogP contribution is -2.28. The Morgan fingerprint density at radius 3 is 2.28 bits per heavy atom. The third-order valence-electron chi connectivity index (χ3n) is 3.33. The molecule has 2 N–H and O–H groups in total. The van der Waals surface area contributed by atoms with E-state index >= 15 is 0 Å².